The predicted molar refractivity (Wildman–Crippen MR) is 75.8 cm³/mol. The average molecular weight is 300 g/mol. The van der Waals surface area contributed by atoms with E-state index >= 15 is 0 Å². The summed E-state index contributed by atoms with van der Waals surface area (Å²) in [7, 11) is -3.35. The van der Waals surface area contributed by atoms with E-state index in [0.29, 0.717) is 19.3 Å². The Morgan fingerprint density at radius 3 is 2.65 bits per heavy atom. The number of aliphatic carboxylic acids is 1. The molecule has 6 nitrogen and oxygen atoms in total. The summed E-state index contributed by atoms with van der Waals surface area (Å²) in [6, 6.07) is 3.31. The van der Waals surface area contributed by atoms with Crippen LogP contribution in [-0.4, -0.2) is 36.3 Å². The van der Waals surface area contributed by atoms with Crippen molar-refractivity contribution >= 4 is 16.0 Å². The monoisotopic (exact) mass is 300 g/mol. The Morgan fingerprint density at radius 2 is 2.05 bits per heavy atom. The van der Waals surface area contributed by atoms with Crippen LogP contribution in [0.4, 0.5) is 0 Å². The van der Waals surface area contributed by atoms with Crippen molar-refractivity contribution in [1.29, 1.82) is 0 Å². The van der Waals surface area contributed by atoms with Gasteiger partial charge in [0.2, 0.25) is 10.0 Å². The SMILES string of the molecule is CC(CCCC(=O)O)NS(=O)(=O)CCc1ccncc1. The van der Waals surface area contributed by atoms with Crippen molar-refractivity contribution in [3.63, 3.8) is 0 Å². The molecule has 0 aliphatic carbocycles. The number of aromatic nitrogens is 1. The lowest BCUT2D eigenvalue weighted by atomic mass is 10.1. The Bertz CT molecular complexity index is 516. The van der Waals surface area contributed by atoms with Crippen LogP contribution in [0.3, 0.4) is 0 Å². The molecule has 112 valence electrons. The largest absolute Gasteiger partial charge is 0.481 e. The highest BCUT2D eigenvalue weighted by Crippen LogP contribution is 2.04. The number of nitrogens with zero attached hydrogens (tertiary/aromatic N) is 1. The van der Waals surface area contributed by atoms with E-state index in [-0.39, 0.29) is 18.2 Å². The molecule has 0 saturated carbocycles. The highest BCUT2D eigenvalue weighted by molar-refractivity contribution is 7.89. The fourth-order valence-electron chi connectivity index (χ4n) is 1.79. The first-order chi connectivity index (χ1) is 9.39. The molecule has 1 atom stereocenters. The van der Waals surface area contributed by atoms with Crippen molar-refractivity contribution in [3.05, 3.63) is 30.1 Å². The van der Waals surface area contributed by atoms with Crippen LogP contribution in [0.1, 0.15) is 31.7 Å². The number of pyridine rings is 1. The lowest BCUT2D eigenvalue weighted by Crippen LogP contribution is -2.35. The zero-order valence-electron chi connectivity index (χ0n) is 11.4. The molecule has 20 heavy (non-hydrogen) atoms. The fraction of sp³-hybridized carbons (Fsp3) is 0.538. The molecule has 0 bridgehead atoms. The van der Waals surface area contributed by atoms with E-state index in [2.05, 4.69) is 9.71 Å². The summed E-state index contributed by atoms with van der Waals surface area (Å²) >= 11 is 0. The number of sulfonamides is 1. The van der Waals surface area contributed by atoms with Crippen molar-refractivity contribution in [3.8, 4) is 0 Å². The van der Waals surface area contributed by atoms with E-state index in [1.54, 1.807) is 31.5 Å². The second kappa shape index (κ2) is 7.96. The minimum atomic E-state index is -3.35. The molecule has 0 saturated heterocycles. The van der Waals surface area contributed by atoms with E-state index in [9.17, 15) is 13.2 Å². The molecule has 0 aliphatic rings. The highest BCUT2D eigenvalue weighted by atomic mass is 32.2. The van der Waals surface area contributed by atoms with Crippen molar-refractivity contribution < 1.29 is 18.3 Å². The summed E-state index contributed by atoms with van der Waals surface area (Å²) in [6.07, 6.45) is 4.72. The number of carbonyl (C=O) groups is 1. The van der Waals surface area contributed by atoms with Crippen molar-refractivity contribution in [2.75, 3.05) is 5.75 Å². The molecule has 1 aromatic rings. The number of carboxylic acid groups (broad SMARTS) is 1. The maximum Gasteiger partial charge on any atom is 0.303 e. The normalized spacial score (nSPS) is 13.1. The third-order valence-electron chi connectivity index (χ3n) is 2.82. The molecule has 1 heterocycles. The van der Waals surface area contributed by atoms with E-state index in [4.69, 9.17) is 5.11 Å². The molecule has 0 spiro atoms. The summed E-state index contributed by atoms with van der Waals surface area (Å²) < 4.78 is 26.3. The van der Waals surface area contributed by atoms with Crippen molar-refractivity contribution in [2.24, 2.45) is 0 Å². The third-order valence-corrected chi connectivity index (χ3v) is 4.32. The number of aryl methyl sites for hydroxylation is 1. The molecule has 0 fully saturated rings. The third kappa shape index (κ3) is 7.20. The van der Waals surface area contributed by atoms with E-state index in [1.165, 1.54) is 0 Å². The second-order valence-corrected chi connectivity index (χ2v) is 6.60. The van der Waals surface area contributed by atoms with Gasteiger partial charge in [-0.25, -0.2) is 13.1 Å². The summed E-state index contributed by atoms with van der Waals surface area (Å²) in [5.41, 5.74) is 0.920. The predicted octanol–water partition coefficient (Wildman–Crippen LogP) is 1.19. The Labute approximate surface area is 119 Å². The van der Waals surface area contributed by atoms with Crippen LogP contribution in [0.5, 0.6) is 0 Å². The van der Waals surface area contributed by atoms with Gasteiger partial charge < -0.3 is 5.11 Å². The summed E-state index contributed by atoms with van der Waals surface area (Å²) in [6.45, 7) is 1.74. The van der Waals surface area contributed by atoms with Crippen molar-refractivity contribution in [2.45, 2.75) is 38.6 Å². The number of rotatable bonds is 9. The summed E-state index contributed by atoms with van der Waals surface area (Å²) in [4.78, 5) is 14.3. The first kappa shape index (κ1) is 16.6. The maximum atomic E-state index is 11.9. The Hall–Kier alpha value is -1.47. The van der Waals surface area contributed by atoms with Gasteiger partial charge in [-0.15, -0.1) is 0 Å². The van der Waals surface area contributed by atoms with Gasteiger partial charge in [-0.05, 0) is 43.9 Å². The van der Waals surface area contributed by atoms with Gasteiger partial charge in [-0.1, -0.05) is 0 Å². The van der Waals surface area contributed by atoms with Gasteiger partial charge in [-0.2, -0.15) is 0 Å². The van der Waals surface area contributed by atoms with E-state index < -0.39 is 16.0 Å². The molecule has 1 aromatic heterocycles. The number of hydrogen-bond donors (Lipinski definition) is 2. The summed E-state index contributed by atoms with van der Waals surface area (Å²) in [5.74, 6) is -0.849. The second-order valence-electron chi connectivity index (χ2n) is 4.73. The molecule has 1 unspecified atom stereocenters. The molecular weight excluding hydrogens is 280 g/mol. The zero-order chi connectivity index (χ0) is 15.0. The van der Waals surface area contributed by atoms with Gasteiger partial charge in [-0.3, -0.25) is 9.78 Å². The Kier molecular flexibility index (Phi) is 6.60. The van der Waals surface area contributed by atoms with Crippen LogP contribution in [0.15, 0.2) is 24.5 Å². The molecule has 1 rings (SSSR count). The summed E-state index contributed by atoms with van der Waals surface area (Å²) in [5, 5.41) is 8.53. The van der Waals surface area contributed by atoms with E-state index in [0.717, 1.165) is 5.56 Å². The van der Waals surface area contributed by atoms with Gasteiger partial charge in [0, 0.05) is 24.9 Å². The topological polar surface area (TPSA) is 96.4 Å². The molecule has 0 aliphatic heterocycles. The smallest absolute Gasteiger partial charge is 0.303 e. The van der Waals surface area contributed by atoms with Crippen LogP contribution >= 0.6 is 0 Å². The first-order valence-electron chi connectivity index (χ1n) is 6.50. The lowest BCUT2D eigenvalue weighted by molar-refractivity contribution is -0.137. The van der Waals surface area contributed by atoms with Crippen LogP contribution in [0, 0.1) is 0 Å². The number of nitrogens with one attached hydrogen (secondary N) is 1. The fourth-order valence-corrected chi connectivity index (χ4v) is 3.14. The Balaban J connectivity index is 2.35. The molecule has 0 aromatic carbocycles. The van der Waals surface area contributed by atoms with E-state index in [1.807, 2.05) is 0 Å². The minimum absolute atomic E-state index is 0.0142. The van der Waals surface area contributed by atoms with Gasteiger partial charge in [0.1, 0.15) is 0 Å². The van der Waals surface area contributed by atoms with Crippen LogP contribution in [0.25, 0.3) is 0 Å². The van der Waals surface area contributed by atoms with Crippen LogP contribution in [0.2, 0.25) is 0 Å². The molecular formula is C13H20N2O4S. The van der Waals surface area contributed by atoms with Gasteiger partial charge in [0.15, 0.2) is 0 Å². The molecule has 2 N–H and O–H groups in total. The molecule has 0 amide bonds. The number of carboxylic acids is 1. The average Bonchev–Trinajstić information content (AvgIpc) is 2.37. The lowest BCUT2D eigenvalue weighted by Gasteiger charge is -2.13. The minimum Gasteiger partial charge on any atom is -0.481 e. The molecule has 0 radical (unpaired) electrons. The zero-order valence-corrected chi connectivity index (χ0v) is 12.3. The van der Waals surface area contributed by atoms with Crippen LogP contribution in [-0.2, 0) is 21.2 Å². The highest BCUT2D eigenvalue weighted by Gasteiger charge is 2.14. The van der Waals surface area contributed by atoms with Gasteiger partial charge in [0.25, 0.3) is 0 Å². The first-order valence-corrected chi connectivity index (χ1v) is 8.15. The maximum absolute atomic E-state index is 11.9. The van der Waals surface area contributed by atoms with Crippen molar-refractivity contribution in [1.82, 2.24) is 9.71 Å². The Morgan fingerprint density at radius 1 is 1.40 bits per heavy atom. The quantitative estimate of drug-likeness (QED) is 0.714. The number of hydrogen-bond acceptors (Lipinski definition) is 4. The van der Waals surface area contributed by atoms with Gasteiger partial charge >= 0.3 is 5.97 Å². The standard InChI is InChI=1S/C13H20N2O4S/c1-11(3-2-4-13(16)17)15-20(18,19)10-7-12-5-8-14-9-6-12/h5-6,8-9,11,15H,2-4,7,10H2,1H3,(H,16,17). The molecule has 7 heteroatoms. The van der Waals surface area contributed by atoms with Gasteiger partial charge in [0.05, 0.1) is 5.75 Å². The van der Waals surface area contributed by atoms with Crippen LogP contribution < -0.4 is 4.72 Å².